The van der Waals surface area contributed by atoms with Gasteiger partial charge in [0, 0.05) is 19.8 Å². The van der Waals surface area contributed by atoms with Gasteiger partial charge >= 0.3 is 18.0 Å². The summed E-state index contributed by atoms with van der Waals surface area (Å²) in [5.41, 5.74) is 2.13. The lowest BCUT2D eigenvalue weighted by molar-refractivity contribution is -0.139. The van der Waals surface area contributed by atoms with Crippen LogP contribution in [0.5, 0.6) is 0 Å². The average Bonchev–Trinajstić information content (AvgIpc) is 2.92. The normalized spacial score (nSPS) is 15.9. The molecule has 8 heteroatoms. The van der Waals surface area contributed by atoms with E-state index in [0.29, 0.717) is 17.9 Å². The molecule has 0 aliphatic carbocycles. The number of hydrogen-bond donors (Lipinski definition) is 1. The molecule has 27 heavy (non-hydrogen) atoms. The SMILES string of the molecule is COC(=O)C1=C(C(=O)OC)N(c2cccc3c2N(C)C(=O)NC3)C=CC=C1. The number of amides is 2. The molecule has 0 saturated carbocycles. The van der Waals surface area contributed by atoms with E-state index in [9.17, 15) is 14.4 Å². The number of ether oxygens (including phenoxy) is 2. The third-order valence-corrected chi connectivity index (χ3v) is 4.32. The molecular formula is C19H19N3O5. The van der Waals surface area contributed by atoms with Crippen LogP contribution in [-0.2, 0) is 25.6 Å². The van der Waals surface area contributed by atoms with Crippen LogP contribution in [0.4, 0.5) is 16.2 Å². The number of allylic oxidation sites excluding steroid dienone is 2. The van der Waals surface area contributed by atoms with Crippen LogP contribution in [0.15, 0.2) is 53.9 Å². The van der Waals surface area contributed by atoms with Crippen LogP contribution in [0.2, 0.25) is 0 Å². The zero-order valence-electron chi connectivity index (χ0n) is 15.2. The van der Waals surface area contributed by atoms with Crippen molar-refractivity contribution in [3.8, 4) is 0 Å². The number of anilines is 2. The zero-order valence-corrected chi connectivity index (χ0v) is 15.2. The summed E-state index contributed by atoms with van der Waals surface area (Å²) >= 11 is 0. The van der Waals surface area contributed by atoms with Crippen LogP contribution in [0.3, 0.4) is 0 Å². The molecule has 0 radical (unpaired) electrons. The van der Waals surface area contributed by atoms with Gasteiger partial charge in [0.05, 0.1) is 31.2 Å². The van der Waals surface area contributed by atoms with Crippen LogP contribution in [0.25, 0.3) is 0 Å². The molecule has 1 aromatic rings. The molecule has 0 saturated heterocycles. The lowest BCUT2D eigenvalue weighted by Gasteiger charge is -2.33. The van der Waals surface area contributed by atoms with Gasteiger partial charge in [-0.05, 0) is 23.8 Å². The molecule has 1 N–H and O–H groups in total. The van der Waals surface area contributed by atoms with Gasteiger partial charge in [-0.3, -0.25) is 4.90 Å². The lowest BCUT2D eigenvalue weighted by atomic mass is 10.1. The third kappa shape index (κ3) is 3.17. The molecule has 0 fully saturated rings. The van der Waals surface area contributed by atoms with E-state index in [2.05, 4.69) is 5.32 Å². The molecule has 0 bridgehead atoms. The number of nitrogens with zero attached hydrogens (tertiary/aromatic N) is 2. The van der Waals surface area contributed by atoms with Crippen molar-refractivity contribution >= 4 is 29.3 Å². The van der Waals surface area contributed by atoms with Crippen molar-refractivity contribution < 1.29 is 23.9 Å². The first-order chi connectivity index (χ1) is 13.0. The second-order valence-corrected chi connectivity index (χ2v) is 5.82. The maximum atomic E-state index is 12.6. The molecule has 2 amide bonds. The highest BCUT2D eigenvalue weighted by molar-refractivity contribution is 6.07. The van der Waals surface area contributed by atoms with E-state index in [-0.39, 0.29) is 17.3 Å². The van der Waals surface area contributed by atoms with Crippen LogP contribution >= 0.6 is 0 Å². The summed E-state index contributed by atoms with van der Waals surface area (Å²) in [4.78, 5) is 40.0. The summed E-state index contributed by atoms with van der Waals surface area (Å²) in [7, 11) is 4.11. The largest absolute Gasteiger partial charge is 0.465 e. The maximum absolute atomic E-state index is 12.6. The van der Waals surface area contributed by atoms with Gasteiger partial charge in [0.2, 0.25) is 0 Å². The van der Waals surface area contributed by atoms with E-state index >= 15 is 0 Å². The van der Waals surface area contributed by atoms with Crippen LogP contribution in [-0.4, -0.2) is 39.2 Å². The minimum atomic E-state index is -0.702. The predicted octanol–water partition coefficient (Wildman–Crippen LogP) is 1.84. The van der Waals surface area contributed by atoms with E-state index in [0.717, 1.165) is 5.56 Å². The Morgan fingerprint density at radius 3 is 2.56 bits per heavy atom. The predicted molar refractivity (Wildman–Crippen MR) is 98.9 cm³/mol. The Balaban J connectivity index is 2.25. The summed E-state index contributed by atoms with van der Waals surface area (Å²) in [5.74, 6) is -1.37. The van der Waals surface area contributed by atoms with E-state index in [1.807, 2.05) is 12.1 Å². The molecular weight excluding hydrogens is 350 g/mol. The average molecular weight is 369 g/mol. The number of carbonyl (C=O) groups excluding carboxylic acids is 3. The van der Waals surface area contributed by atoms with Crippen molar-refractivity contribution in [1.29, 1.82) is 0 Å². The van der Waals surface area contributed by atoms with E-state index in [4.69, 9.17) is 9.47 Å². The molecule has 2 aliphatic heterocycles. The highest BCUT2D eigenvalue weighted by Crippen LogP contribution is 2.38. The van der Waals surface area contributed by atoms with Gasteiger partial charge in [0.15, 0.2) is 0 Å². The Kier molecular flexibility index (Phi) is 4.98. The van der Waals surface area contributed by atoms with Gasteiger partial charge in [-0.15, -0.1) is 0 Å². The Hall–Kier alpha value is -3.55. The van der Waals surface area contributed by atoms with Crippen LogP contribution in [0.1, 0.15) is 5.56 Å². The lowest BCUT2D eigenvalue weighted by Crippen LogP contribution is -2.42. The van der Waals surface area contributed by atoms with Gasteiger partial charge in [0.25, 0.3) is 0 Å². The molecule has 0 spiro atoms. The van der Waals surface area contributed by atoms with Gasteiger partial charge in [-0.25, -0.2) is 14.4 Å². The summed E-state index contributed by atoms with van der Waals surface area (Å²) in [5, 5.41) is 2.77. The van der Waals surface area contributed by atoms with Gasteiger partial charge < -0.3 is 19.7 Å². The minimum Gasteiger partial charge on any atom is -0.465 e. The summed E-state index contributed by atoms with van der Waals surface area (Å²) in [6, 6.07) is 5.21. The first kappa shape index (κ1) is 18.2. The van der Waals surface area contributed by atoms with Crippen molar-refractivity contribution in [1.82, 2.24) is 5.32 Å². The fourth-order valence-corrected chi connectivity index (χ4v) is 3.04. The molecule has 2 aliphatic rings. The summed E-state index contributed by atoms with van der Waals surface area (Å²) in [6.07, 6.45) is 6.43. The Labute approximate surface area is 156 Å². The Morgan fingerprint density at radius 2 is 1.85 bits per heavy atom. The van der Waals surface area contributed by atoms with Crippen molar-refractivity contribution in [2.24, 2.45) is 0 Å². The van der Waals surface area contributed by atoms with Crippen molar-refractivity contribution in [2.75, 3.05) is 31.1 Å². The van der Waals surface area contributed by atoms with Crippen LogP contribution < -0.4 is 15.1 Å². The first-order valence-electron chi connectivity index (χ1n) is 8.18. The highest BCUT2D eigenvalue weighted by atomic mass is 16.5. The Bertz CT molecular complexity index is 901. The number of nitrogens with one attached hydrogen (secondary N) is 1. The van der Waals surface area contributed by atoms with Crippen molar-refractivity contribution in [2.45, 2.75) is 6.54 Å². The number of para-hydroxylation sites is 1. The number of esters is 2. The quantitative estimate of drug-likeness (QED) is 0.818. The number of methoxy groups -OCH3 is 2. The number of fused-ring (bicyclic) bond motifs is 1. The van der Waals surface area contributed by atoms with E-state index in [1.54, 1.807) is 31.5 Å². The fourth-order valence-electron chi connectivity index (χ4n) is 3.04. The van der Waals surface area contributed by atoms with Crippen LogP contribution in [0, 0.1) is 0 Å². The number of hydrogen-bond acceptors (Lipinski definition) is 6. The number of rotatable bonds is 3. The molecule has 0 unspecified atom stereocenters. The molecule has 140 valence electrons. The second kappa shape index (κ2) is 7.36. The van der Waals surface area contributed by atoms with Crippen molar-refractivity contribution in [3.05, 3.63) is 59.5 Å². The standard InChI is InChI=1S/C19H19N3O5/c1-21-15-12(11-20-19(21)25)7-6-9-14(15)22-10-5-4-8-13(17(23)26-2)16(22)18(24)27-3/h4-10H,11H2,1-3H3,(H,20,25). The van der Waals surface area contributed by atoms with E-state index < -0.39 is 11.9 Å². The van der Waals surface area contributed by atoms with E-state index in [1.165, 1.54) is 30.1 Å². The van der Waals surface area contributed by atoms with Gasteiger partial charge in [-0.1, -0.05) is 18.2 Å². The zero-order chi connectivity index (χ0) is 19.6. The summed E-state index contributed by atoms with van der Waals surface area (Å²) < 4.78 is 9.73. The maximum Gasteiger partial charge on any atom is 0.355 e. The number of carbonyl (C=O) groups is 3. The second-order valence-electron chi connectivity index (χ2n) is 5.82. The summed E-state index contributed by atoms with van der Waals surface area (Å²) in [6.45, 7) is 0.364. The third-order valence-electron chi connectivity index (χ3n) is 4.32. The van der Waals surface area contributed by atoms with Gasteiger partial charge in [0.1, 0.15) is 5.70 Å². The Morgan fingerprint density at radius 1 is 1.11 bits per heavy atom. The highest BCUT2D eigenvalue weighted by Gasteiger charge is 2.31. The topological polar surface area (TPSA) is 88.2 Å². The van der Waals surface area contributed by atoms with Crippen molar-refractivity contribution in [3.63, 3.8) is 0 Å². The molecule has 0 aromatic heterocycles. The molecule has 3 rings (SSSR count). The van der Waals surface area contributed by atoms with Gasteiger partial charge in [-0.2, -0.15) is 0 Å². The first-order valence-corrected chi connectivity index (χ1v) is 8.18. The minimum absolute atomic E-state index is 0.00197. The molecule has 1 aromatic carbocycles. The molecule has 2 heterocycles. The molecule has 8 nitrogen and oxygen atoms in total. The number of urea groups is 1. The fraction of sp³-hybridized carbons (Fsp3) is 0.211. The smallest absolute Gasteiger partial charge is 0.355 e. The molecule has 0 atom stereocenters. The monoisotopic (exact) mass is 369 g/mol. The number of benzene rings is 1.